The van der Waals surface area contributed by atoms with Gasteiger partial charge in [0.05, 0.1) is 19.0 Å². The largest absolute Gasteiger partial charge is 0.495 e. The third kappa shape index (κ3) is 2.77. The van der Waals surface area contributed by atoms with Crippen LogP contribution < -0.4 is 15.4 Å². The van der Waals surface area contributed by atoms with Gasteiger partial charge >= 0.3 is 0 Å². The van der Waals surface area contributed by atoms with Gasteiger partial charge in [-0.25, -0.2) is 4.98 Å². The molecule has 0 amide bonds. The van der Waals surface area contributed by atoms with E-state index in [0.717, 1.165) is 17.2 Å². The first-order chi connectivity index (χ1) is 11.2. The fourth-order valence-electron chi connectivity index (χ4n) is 2.42. The molecule has 0 radical (unpaired) electrons. The monoisotopic (exact) mass is 329 g/mol. The van der Waals surface area contributed by atoms with Crippen LogP contribution in [-0.2, 0) is 0 Å². The second kappa shape index (κ2) is 5.62. The Kier molecular flexibility index (Phi) is 3.46. The zero-order valence-electron chi connectivity index (χ0n) is 12.6. The quantitative estimate of drug-likeness (QED) is 0.747. The maximum Gasteiger partial charge on any atom is 0.159 e. The van der Waals surface area contributed by atoms with E-state index < -0.39 is 0 Å². The van der Waals surface area contributed by atoms with Crippen molar-refractivity contribution in [2.75, 3.05) is 17.7 Å². The average molecular weight is 330 g/mol. The Morgan fingerprint density at radius 2 is 2.17 bits per heavy atom. The summed E-state index contributed by atoms with van der Waals surface area (Å²) in [6.45, 7) is 0. The van der Waals surface area contributed by atoms with Crippen molar-refractivity contribution in [3.8, 4) is 5.75 Å². The van der Waals surface area contributed by atoms with Gasteiger partial charge in [-0.15, -0.1) is 0 Å². The molecule has 6 nitrogen and oxygen atoms in total. The van der Waals surface area contributed by atoms with Gasteiger partial charge in [-0.3, -0.25) is 0 Å². The lowest BCUT2D eigenvalue weighted by Crippen LogP contribution is -2.09. The molecule has 1 aliphatic rings. The Labute approximate surface area is 138 Å². The van der Waals surface area contributed by atoms with Crippen molar-refractivity contribution >= 4 is 34.6 Å². The Hall–Kier alpha value is -2.47. The Balaban J connectivity index is 1.71. The van der Waals surface area contributed by atoms with Crippen LogP contribution >= 0.6 is 11.6 Å². The third-order valence-corrected chi connectivity index (χ3v) is 4.12. The van der Waals surface area contributed by atoms with E-state index >= 15 is 0 Å². The minimum atomic E-state index is 0.526. The maximum absolute atomic E-state index is 6.34. The molecule has 0 bridgehead atoms. The molecular formula is C16H16ClN5O. The van der Waals surface area contributed by atoms with Gasteiger partial charge in [-0.1, -0.05) is 17.7 Å². The molecule has 23 heavy (non-hydrogen) atoms. The van der Waals surface area contributed by atoms with E-state index in [4.69, 9.17) is 16.3 Å². The summed E-state index contributed by atoms with van der Waals surface area (Å²) in [6.07, 6.45) is 4.12. The van der Waals surface area contributed by atoms with Crippen LogP contribution in [0.1, 0.15) is 12.8 Å². The highest BCUT2D eigenvalue weighted by atomic mass is 35.5. The number of halogens is 1. The highest BCUT2D eigenvalue weighted by Gasteiger charge is 2.22. The zero-order valence-corrected chi connectivity index (χ0v) is 13.3. The molecule has 2 heterocycles. The lowest BCUT2D eigenvalue weighted by Gasteiger charge is -2.13. The van der Waals surface area contributed by atoms with E-state index in [9.17, 15) is 0 Å². The average Bonchev–Trinajstić information content (AvgIpc) is 3.23. The predicted octanol–water partition coefficient (Wildman–Crippen LogP) is 3.71. The van der Waals surface area contributed by atoms with Gasteiger partial charge < -0.3 is 15.4 Å². The Morgan fingerprint density at radius 3 is 2.96 bits per heavy atom. The van der Waals surface area contributed by atoms with Crippen LogP contribution in [0.5, 0.6) is 5.75 Å². The van der Waals surface area contributed by atoms with E-state index in [0.29, 0.717) is 22.6 Å². The fourth-order valence-corrected chi connectivity index (χ4v) is 2.67. The Bertz CT molecular complexity index is 859. The van der Waals surface area contributed by atoms with Crippen molar-refractivity contribution in [3.63, 3.8) is 0 Å². The molecule has 1 aliphatic carbocycles. The smallest absolute Gasteiger partial charge is 0.159 e. The molecule has 7 heteroatoms. The first kappa shape index (κ1) is 14.1. The molecule has 3 aromatic rings. The molecule has 1 aromatic carbocycles. The third-order valence-electron chi connectivity index (χ3n) is 3.73. The molecule has 2 N–H and O–H groups in total. The number of rotatable bonds is 5. The van der Waals surface area contributed by atoms with Crippen LogP contribution in [-0.4, -0.2) is 27.7 Å². The number of hydrogen-bond donors (Lipinski definition) is 2. The first-order valence-corrected chi connectivity index (χ1v) is 7.83. The molecule has 0 atom stereocenters. The predicted molar refractivity (Wildman–Crippen MR) is 90.9 cm³/mol. The lowest BCUT2D eigenvalue weighted by atomic mass is 10.3. The standard InChI is InChI=1S/C16H16ClN5O/c1-23-12-4-2-3-11(16(12)17)20-13-9-15(19-10-5-6-10)22-14(21-13)7-8-18-22/h2-4,7-10,19H,5-6H2,1H3,(H,20,21). The summed E-state index contributed by atoms with van der Waals surface area (Å²) in [7, 11) is 1.60. The number of anilines is 3. The van der Waals surface area contributed by atoms with Crippen LogP contribution in [0, 0.1) is 0 Å². The van der Waals surface area contributed by atoms with Gasteiger partial charge in [0.2, 0.25) is 0 Å². The summed E-state index contributed by atoms with van der Waals surface area (Å²) < 4.78 is 7.05. The van der Waals surface area contributed by atoms with Gasteiger partial charge in [0, 0.05) is 18.2 Å². The topological polar surface area (TPSA) is 63.5 Å². The molecule has 1 fully saturated rings. The molecule has 0 saturated heterocycles. The molecule has 2 aromatic heterocycles. The fraction of sp³-hybridized carbons (Fsp3) is 0.250. The number of hydrogen-bond acceptors (Lipinski definition) is 5. The van der Waals surface area contributed by atoms with Crippen molar-refractivity contribution in [2.24, 2.45) is 0 Å². The number of fused-ring (bicyclic) bond motifs is 1. The van der Waals surface area contributed by atoms with Crippen molar-refractivity contribution in [1.29, 1.82) is 0 Å². The number of nitrogens with zero attached hydrogens (tertiary/aromatic N) is 3. The summed E-state index contributed by atoms with van der Waals surface area (Å²) in [4.78, 5) is 4.57. The van der Waals surface area contributed by atoms with Crippen LogP contribution in [0.3, 0.4) is 0 Å². The molecular weight excluding hydrogens is 314 g/mol. The zero-order chi connectivity index (χ0) is 15.8. The van der Waals surface area contributed by atoms with Crippen molar-refractivity contribution in [1.82, 2.24) is 14.6 Å². The van der Waals surface area contributed by atoms with Gasteiger partial charge in [-0.05, 0) is 25.0 Å². The van der Waals surface area contributed by atoms with Crippen LogP contribution in [0.15, 0.2) is 36.5 Å². The Morgan fingerprint density at radius 1 is 1.30 bits per heavy atom. The van der Waals surface area contributed by atoms with E-state index in [1.807, 2.05) is 30.3 Å². The molecule has 0 spiro atoms. The molecule has 0 aliphatic heterocycles. The van der Waals surface area contributed by atoms with Gasteiger partial charge in [-0.2, -0.15) is 9.61 Å². The summed E-state index contributed by atoms with van der Waals surface area (Å²) in [5, 5.41) is 11.6. The SMILES string of the molecule is COc1cccc(Nc2cc(NC3CC3)n3nccc3n2)c1Cl. The van der Waals surface area contributed by atoms with Gasteiger partial charge in [0.1, 0.15) is 22.4 Å². The lowest BCUT2D eigenvalue weighted by molar-refractivity contribution is 0.415. The highest BCUT2D eigenvalue weighted by molar-refractivity contribution is 6.34. The first-order valence-electron chi connectivity index (χ1n) is 7.45. The molecule has 118 valence electrons. The summed E-state index contributed by atoms with van der Waals surface area (Å²) in [5.74, 6) is 2.25. The van der Waals surface area contributed by atoms with E-state index in [2.05, 4.69) is 20.7 Å². The summed E-state index contributed by atoms with van der Waals surface area (Å²) >= 11 is 6.34. The van der Waals surface area contributed by atoms with E-state index in [1.165, 1.54) is 12.8 Å². The van der Waals surface area contributed by atoms with E-state index in [-0.39, 0.29) is 0 Å². The number of aromatic nitrogens is 3. The number of nitrogens with one attached hydrogen (secondary N) is 2. The molecule has 1 saturated carbocycles. The number of methoxy groups -OCH3 is 1. The number of ether oxygens (including phenoxy) is 1. The molecule has 4 rings (SSSR count). The van der Waals surface area contributed by atoms with Crippen LogP contribution in [0.4, 0.5) is 17.3 Å². The van der Waals surface area contributed by atoms with Gasteiger partial charge in [0.25, 0.3) is 0 Å². The van der Waals surface area contributed by atoms with Crippen LogP contribution in [0.25, 0.3) is 5.65 Å². The summed E-state index contributed by atoms with van der Waals surface area (Å²) in [5.41, 5.74) is 1.52. The number of benzene rings is 1. The van der Waals surface area contributed by atoms with Crippen LogP contribution in [0.2, 0.25) is 5.02 Å². The van der Waals surface area contributed by atoms with Gasteiger partial charge in [0.15, 0.2) is 5.65 Å². The molecule has 0 unspecified atom stereocenters. The second-order valence-electron chi connectivity index (χ2n) is 5.49. The van der Waals surface area contributed by atoms with Crippen molar-refractivity contribution in [2.45, 2.75) is 18.9 Å². The van der Waals surface area contributed by atoms with Crippen molar-refractivity contribution < 1.29 is 4.74 Å². The minimum Gasteiger partial charge on any atom is -0.495 e. The summed E-state index contributed by atoms with van der Waals surface area (Å²) in [6, 6.07) is 9.93. The normalized spacial score (nSPS) is 14.0. The second-order valence-corrected chi connectivity index (χ2v) is 5.87. The minimum absolute atomic E-state index is 0.526. The van der Waals surface area contributed by atoms with E-state index in [1.54, 1.807) is 17.8 Å². The maximum atomic E-state index is 6.34. The van der Waals surface area contributed by atoms with Crippen molar-refractivity contribution in [3.05, 3.63) is 41.6 Å². The highest BCUT2D eigenvalue weighted by Crippen LogP contribution is 2.34.